The Labute approximate surface area is 149 Å². The lowest BCUT2D eigenvalue weighted by Crippen LogP contribution is -2.49. The maximum absolute atomic E-state index is 12.4. The van der Waals surface area contributed by atoms with Gasteiger partial charge in [-0.3, -0.25) is 4.98 Å². The Hall–Kier alpha value is -2.40. The molecule has 1 unspecified atom stereocenters. The molecule has 0 radical (unpaired) electrons. The molecule has 2 amide bonds. The van der Waals surface area contributed by atoms with E-state index in [-0.39, 0.29) is 12.1 Å². The van der Waals surface area contributed by atoms with E-state index in [1.165, 1.54) is 5.56 Å². The summed E-state index contributed by atoms with van der Waals surface area (Å²) in [5.41, 5.74) is 3.14. The van der Waals surface area contributed by atoms with Crippen molar-refractivity contribution in [1.29, 1.82) is 0 Å². The third kappa shape index (κ3) is 5.29. The lowest BCUT2D eigenvalue weighted by Gasteiger charge is -2.33. The molecule has 1 aromatic heterocycles. The molecule has 1 atom stereocenters. The summed E-state index contributed by atoms with van der Waals surface area (Å²) in [6.07, 6.45) is 1.98. The van der Waals surface area contributed by atoms with Crippen molar-refractivity contribution in [1.82, 2.24) is 15.2 Å². The minimum atomic E-state index is -0.0451. The highest BCUT2D eigenvalue weighted by atomic mass is 16.5. The molecule has 0 aliphatic carbocycles. The number of hydrogen-bond acceptors (Lipinski definition) is 3. The number of aromatic nitrogens is 1. The van der Waals surface area contributed by atoms with E-state index in [2.05, 4.69) is 34.6 Å². The fourth-order valence-corrected chi connectivity index (χ4v) is 3.03. The molecule has 1 saturated heterocycles. The number of urea groups is 1. The van der Waals surface area contributed by atoms with Crippen molar-refractivity contribution >= 4 is 6.03 Å². The molecule has 2 heterocycles. The Morgan fingerprint density at radius 2 is 2.08 bits per heavy atom. The molecule has 5 nitrogen and oxygen atoms in total. The number of morpholine rings is 1. The van der Waals surface area contributed by atoms with Gasteiger partial charge in [0.25, 0.3) is 0 Å². The van der Waals surface area contributed by atoms with Crippen LogP contribution in [0, 0.1) is 6.92 Å². The van der Waals surface area contributed by atoms with Crippen LogP contribution in [0.1, 0.15) is 23.4 Å². The molecule has 2 aromatic rings. The highest BCUT2D eigenvalue weighted by Crippen LogP contribution is 2.13. The van der Waals surface area contributed by atoms with Crippen molar-refractivity contribution in [2.24, 2.45) is 0 Å². The minimum Gasteiger partial charge on any atom is -0.375 e. The Kier molecular flexibility index (Phi) is 6.01. The van der Waals surface area contributed by atoms with Gasteiger partial charge in [-0.2, -0.15) is 0 Å². The molecule has 1 N–H and O–H groups in total. The molecular formula is C20H25N3O2. The summed E-state index contributed by atoms with van der Waals surface area (Å²) in [5, 5.41) is 2.96. The maximum atomic E-state index is 12.4. The third-order valence-electron chi connectivity index (χ3n) is 4.39. The predicted molar refractivity (Wildman–Crippen MR) is 97.3 cm³/mol. The van der Waals surface area contributed by atoms with Crippen molar-refractivity contribution in [3.63, 3.8) is 0 Å². The van der Waals surface area contributed by atoms with E-state index in [1.807, 2.05) is 36.1 Å². The summed E-state index contributed by atoms with van der Waals surface area (Å²) in [5.74, 6) is 0. The Morgan fingerprint density at radius 3 is 2.88 bits per heavy atom. The topological polar surface area (TPSA) is 54.5 Å². The number of pyridine rings is 1. The van der Waals surface area contributed by atoms with Crippen molar-refractivity contribution < 1.29 is 9.53 Å². The van der Waals surface area contributed by atoms with E-state index < -0.39 is 0 Å². The van der Waals surface area contributed by atoms with Crippen molar-refractivity contribution in [2.75, 3.05) is 19.7 Å². The average molecular weight is 339 g/mol. The summed E-state index contributed by atoms with van der Waals surface area (Å²) in [4.78, 5) is 18.7. The molecule has 25 heavy (non-hydrogen) atoms. The largest absolute Gasteiger partial charge is 0.375 e. The van der Waals surface area contributed by atoms with E-state index in [0.717, 1.165) is 24.2 Å². The summed E-state index contributed by atoms with van der Waals surface area (Å²) in [6.45, 7) is 4.27. The highest BCUT2D eigenvalue weighted by Gasteiger charge is 2.23. The van der Waals surface area contributed by atoms with E-state index in [0.29, 0.717) is 26.2 Å². The number of amides is 2. The maximum Gasteiger partial charge on any atom is 0.317 e. The summed E-state index contributed by atoms with van der Waals surface area (Å²) >= 11 is 0. The first kappa shape index (κ1) is 17.4. The molecular weight excluding hydrogens is 314 g/mol. The van der Waals surface area contributed by atoms with Gasteiger partial charge in [0, 0.05) is 18.8 Å². The van der Waals surface area contributed by atoms with Gasteiger partial charge in [-0.1, -0.05) is 36.4 Å². The molecule has 1 aliphatic heterocycles. The zero-order valence-electron chi connectivity index (χ0n) is 14.6. The van der Waals surface area contributed by atoms with Crippen LogP contribution in [0.5, 0.6) is 0 Å². The van der Waals surface area contributed by atoms with E-state index in [4.69, 9.17) is 4.74 Å². The van der Waals surface area contributed by atoms with E-state index in [1.54, 1.807) is 0 Å². The van der Waals surface area contributed by atoms with Gasteiger partial charge in [-0.05, 0) is 37.5 Å². The fraction of sp³-hybridized carbons (Fsp3) is 0.400. The van der Waals surface area contributed by atoms with Crippen LogP contribution in [0.2, 0.25) is 0 Å². The van der Waals surface area contributed by atoms with Crippen LogP contribution in [0.15, 0.2) is 48.5 Å². The molecule has 1 fully saturated rings. The molecule has 0 saturated carbocycles. The smallest absolute Gasteiger partial charge is 0.317 e. The molecule has 0 bridgehead atoms. The molecule has 1 aromatic carbocycles. The summed E-state index contributed by atoms with van der Waals surface area (Å²) < 4.78 is 5.82. The van der Waals surface area contributed by atoms with Gasteiger partial charge in [-0.25, -0.2) is 4.79 Å². The van der Waals surface area contributed by atoms with Crippen LogP contribution in [-0.2, 0) is 17.7 Å². The van der Waals surface area contributed by atoms with Crippen LogP contribution in [0.3, 0.4) is 0 Å². The SMILES string of the molecule is Cc1cccc(CNC(=O)N2CCOC(CCc3ccccc3)C2)n1. The monoisotopic (exact) mass is 339 g/mol. The van der Waals surface area contributed by atoms with Gasteiger partial charge in [0.05, 0.1) is 24.9 Å². The first-order valence-corrected chi connectivity index (χ1v) is 8.81. The van der Waals surface area contributed by atoms with Crippen molar-refractivity contribution in [3.05, 3.63) is 65.5 Å². The second-order valence-electron chi connectivity index (χ2n) is 6.39. The molecule has 1 aliphatic rings. The highest BCUT2D eigenvalue weighted by molar-refractivity contribution is 5.74. The van der Waals surface area contributed by atoms with Crippen LogP contribution < -0.4 is 5.32 Å². The number of ether oxygens (including phenoxy) is 1. The normalized spacial score (nSPS) is 17.3. The quantitative estimate of drug-likeness (QED) is 0.911. The van der Waals surface area contributed by atoms with Gasteiger partial charge in [-0.15, -0.1) is 0 Å². The number of rotatable bonds is 5. The van der Waals surface area contributed by atoms with Crippen LogP contribution in [0.25, 0.3) is 0 Å². The van der Waals surface area contributed by atoms with Gasteiger partial charge in [0.2, 0.25) is 0 Å². The Balaban J connectivity index is 1.46. The third-order valence-corrected chi connectivity index (χ3v) is 4.39. The minimum absolute atomic E-state index is 0.0451. The van der Waals surface area contributed by atoms with E-state index in [9.17, 15) is 4.79 Å². The molecule has 3 rings (SSSR count). The predicted octanol–water partition coefficient (Wildman–Crippen LogP) is 2.93. The number of benzene rings is 1. The standard InChI is InChI=1S/C20H25N3O2/c1-16-6-5-9-18(22-16)14-21-20(24)23-12-13-25-19(15-23)11-10-17-7-3-2-4-8-17/h2-9,19H,10-15H2,1H3,(H,21,24). The van der Waals surface area contributed by atoms with Crippen molar-refractivity contribution in [2.45, 2.75) is 32.4 Å². The number of hydrogen-bond donors (Lipinski definition) is 1. The summed E-state index contributed by atoms with van der Waals surface area (Å²) in [6, 6.07) is 16.2. The average Bonchev–Trinajstić information content (AvgIpc) is 2.65. The summed E-state index contributed by atoms with van der Waals surface area (Å²) in [7, 11) is 0. The first-order valence-electron chi connectivity index (χ1n) is 8.81. The zero-order valence-corrected chi connectivity index (χ0v) is 14.6. The number of carbonyl (C=O) groups excluding carboxylic acids is 1. The second-order valence-corrected chi connectivity index (χ2v) is 6.39. The van der Waals surface area contributed by atoms with E-state index >= 15 is 0 Å². The van der Waals surface area contributed by atoms with Gasteiger partial charge < -0.3 is 15.0 Å². The Bertz CT molecular complexity index is 690. The zero-order chi connectivity index (χ0) is 17.5. The fourth-order valence-electron chi connectivity index (χ4n) is 3.03. The number of nitrogens with one attached hydrogen (secondary N) is 1. The Morgan fingerprint density at radius 1 is 1.24 bits per heavy atom. The van der Waals surface area contributed by atoms with Gasteiger partial charge in [0.15, 0.2) is 0 Å². The lowest BCUT2D eigenvalue weighted by molar-refractivity contribution is -0.0176. The van der Waals surface area contributed by atoms with Crippen molar-refractivity contribution in [3.8, 4) is 0 Å². The number of carbonyl (C=O) groups is 1. The molecule has 132 valence electrons. The number of aryl methyl sites for hydroxylation is 2. The van der Waals surface area contributed by atoms with Crippen LogP contribution in [0.4, 0.5) is 4.79 Å². The second kappa shape index (κ2) is 8.62. The number of nitrogens with zero attached hydrogens (tertiary/aromatic N) is 2. The first-order chi connectivity index (χ1) is 12.2. The van der Waals surface area contributed by atoms with Gasteiger partial charge >= 0.3 is 6.03 Å². The van der Waals surface area contributed by atoms with Gasteiger partial charge in [0.1, 0.15) is 0 Å². The van der Waals surface area contributed by atoms with Crippen LogP contribution in [-0.4, -0.2) is 41.7 Å². The lowest BCUT2D eigenvalue weighted by atomic mass is 10.1. The van der Waals surface area contributed by atoms with Crippen LogP contribution >= 0.6 is 0 Å². The molecule has 0 spiro atoms. The molecule has 5 heteroatoms.